The van der Waals surface area contributed by atoms with Gasteiger partial charge in [0.05, 0.1) is 18.3 Å². The minimum absolute atomic E-state index is 0.0525. The van der Waals surface area contributed by atoms with Crippen molar-refractivity contribution in [3.05, 3.63) is 95.3 Å². The average molecular weight is 413 g/mol. The Balaban J connectivity index is 1.41. The van der Waals surface area contributed by atoms with E-state index in [9.17, 15) is 4.79 Å². The first-order chi connectivity index (χ1) is 15.0. The molecular weight excluding hydrogens is 384 g/mol. The maximum atomic E-state index is 12.8. The molecule has 4 rings (SSSR count). The van der Waals surface area contributed by atoms with E-state index in [1.54, 1.807) is 0 Å². The molecule has 31 heavy (non-hydrogen) atoms. The summed E-state index contributed by atoms with van der Waals surface area (Å²) < 4.78 is 2.03. The molecule has 5 heteroatoms. The lowest BCUT2D eigenvalue weighted by atomic mass is 10.1. The van der Waals surface area contributed by atoms with Crippen molar-refractivity contribution in [1.29, 1.82) is 0 Å². The van der Waals surface area contributed by atoms with Crippen LogP contribution in [0.25, 0.3) is 10.8 Å². The molecule has 1 heterocycles. The van der Waals surface area contributed by atoms with Crippen LogP contribution in [-0.2, 0) is 17.9 Å². The molecule has 2 N–H and O–H groups in total. The Bertz CT molecular complexity index is 1190. The zero-order chi connectivity index (χ0) is 21.8. The molecule has 5 nitrogen and oxygen atoms in total. The van der Waals surface area contributed by atoms with Gasteiger partial charge >= 0.3 is 0 Å². The van der Waals surface area contributed by atoms with E-state index >= 15 is 0 Å². The number of nitrogens with zero attached hydrogens (tertiary/aromatic N) is 2. The molecule has 4 aromatic rings. The van der Waals surface area contributed by atoms with Crippen LogP contribution in [0.1, 0.15) is 29.4 Å². The average Bonchev–Trinajstić information content (AvgIpc) is 3.05. The van der Waals surface area contributed by atoms with Gasteiger partial charge in [-0.1, -0.05) is 66.7 Å². The summed E-state index contributed by atoms with van der Waals surface area (Å²) in [4.78, 5) is 12.8. The van der Waals surface area contributed by atoms with Gasteiger partial charge in [-0.25, -0.2) is 0 Å². The third kappa shape index (κ3) is 4.67. The van der Waals surface area contributed by atoms with Crippen molar-refractivity contribution < 1.29 is 4.79 Å². The van der Waals surface area contributed by atoms with Crippen LogP contribution in [0.3, 0.4) is 0 Å². The molecular formula is C26H28N4O. The second-order valence-electron chi connectivity index (χ2n) is 7.91. The van der Waals surface area contributed by atoms with E-state index in [1.165, 1.54) is 5.56 Å². The Morgan fingerprint density at radius 1 is 0.968 bits per heavy atom. The van der Waals surface area contributed by atoms with E-state index in [1.807, 2.05) is 79.2 Å². The number of carbonyl (C=O) groups excluding carboxylic acids is 1. The molecule has 1 atom stereocenters. The summed E-state index contributed by atoms with van der Waals surface area (Å²) in [6.45, 7) is 7.33. The monoisotopic (exact) mass is 412 g/mol. The van der Waals surface area contributed by atoms with Gasteiger partial charge in [0.2, 0.25) is 5.91 Å². The van der Waals surface area contributed by atoms with Crippen molar-refractivity contribution in [3.63, 3.8) is 0 Å². The van der Waals surface area contributed by atoms with Crippen molar-refractivity contribution in [2.45, 2.75) is 39.9 Å². The van der Waals surface area contributed by atoms with E-state index in [2.05, 4.69) is 29.7 Å². The summed E-state index contributed by atoms with van der Waals surface area (Å²) in [5.41, 5.74) is 5.30. The Labute approximate surface area is 183 Å². The van der Waals surface area contributed by atoms with Crippen molar-refractivity contribution in [2.75, 3.05) is 5.32 Å². The van der Waals surface area contributed by atoms with E-state index in [0.29, 0.717) is 6.54 Å². The molecule has 0 saturated carbocycles. The molecule has 1 amide bonds. The number of hydrogen-bond donors (Lipinski definition) is 2. The lowest BCUT2D eigenvalue weighted by Crippen LogP contribution is -2.37. The largest absolute Gasteiger partial charge is 0.324 e. The van der Waals surface area contributed by atoms with Crippen molar-refractivity contribution >= 4 is 22.4 Å². The number of hydrogen-bond acceptors (Lipinski definition) is 3. The van der Waals surface area contributed by atoms with Crippen LogP contribution >= 0.6 is 0 Å². The molecule has 1 aromatic heterocycles. The maximum absolute atomic E-state index is 12.8. The van der Waals surface area contributed by atoms with Gasteiger partial charge in [-0.3, -0.25) is 9.48 Å². The molecule has 0 fully saturated rings. The first-order valence-electron chi connectivity index (χ1n) is 10.6. The van der Waals surface area contributed by atoms with Crippen LogP contribution in [-0.4, -0.2) is 21.7 Å². The molecule has 0 saturated heterocycles. The second-order valence-corrected chi connectivity index (χ2v) is 7.91. The topological polar surface area (TPSA) is 59.0 Å². The smallest absolute Gasteiger partial charge is 0.241 e. The Hall–Kier alpha value is -3.44. The van der Waals surface area contributed by atoms with E-state index in [0.717, 1.165) is 40.0 Å². The molecule has 0 aliphatic rings. The number of amides is 1. The van der Waals surface area contributed by atoms with Crippen LogP contribution in [0.15, 0.2) is 72.8 Å². The summed E-state index contributed by atoms with van der Waals surface area (Å²) >= 11 is 0. The molecule has 0 bridgehead atoms. The van der Waals surface area contributed by atoms with Crippen molar-refractivity contribution in [3.8, 4) is 0 Å². The lowest BCUT2D eigenvalue weighted by molar-refractivity contribution is -0.117. The summed E-state index contributed by atoms with van der Waals surface area (Å²) in [6, 6.07) is 24.0. The zero-order valence-corrected chi connectivity index (χ0v) is 18.2. The number of aromatic nitrogens is 2. The molecule has 0 radical (unpaired) electrons. The van der Waals surface area contributed by atoms with E-state index in [-0.39, 0.29) is 11.9 Å². The number of benzene rings is 3. The molecule has 0 aliphatic carbocycles. The number of anilines is 1. The number of nitrogens with one attached hydrogen (secondary N) is 2. The fraction of sp³-hybridized carbons (Fsp3) is 0.231. The van der Waals surface area contributed by atoms with Gasteiger partial charge in [-0.15, -0.1) is 0 Å². The highest BCUT2D eigenvalue weighted by Gasteiger charge is 2.17. The van der Waals surface area contributed by atoms with Gasteiger partial charge < -0.3 is 10.6 Å². The maximum Gasteiger partial charge on any atom is 0.241 e. The van der Waals surface area contributed by atoms with Crippen molar-refractivity contribution in [1.82, 2.24) is 15.1 Å². The Morgan fingerprint density at radius 3 is 2.48 bits per heavy atom. The fourth-order valence-corrected chi connectivity index (χ4v) is 3.82. The summed E-state index contributed by atoms with van der Waals surface area (Å²) in [5.74, 6) is -0.0525. The number of carbonyl (C=O) groups is 1. The van der Waals surface area contributed by atoms with Gasteiger partial charge in [0.25, 0.3) is 0 Å². The molecule has 0 aliphatic heterocycles. The van der Waals surface area contributed by atoms with Crippen LogP contribution in [0.4, 0.5) is 5.69 Å². The highest BCUT2D eigenvalue weighted by atomic mass is 16.2. The third-order valence-electron chi connectivity index (χ3n) is 5.73. The van der Waals surface area contributed by atoms with Crippen LogP contribution in [0.5, 0.6) is 0 Å². The predicted molar refractivity (Wildman–Crippen MR) is 126 cm³/mol. The first kappa shape index (κ1) is 20.8. The highest BCUT2D eigenvalue weighted by molar-refractivity contribution is 6.03. The van der Waals surface area contributed by atoms with Crippen molar-refractivity contribution in [2.24, 2.45) is 0 Å². The molecule has 158 valence electrons. The standard InChI is InChI=1S/C26H28N4O/c1-18-24(20(3)30(29-18)17-21-10-5-4-6-11-21)16-27-19(2)26(31)28-25-15-9-13-22-12-7-8-14-23(22)25/h4-15,19,27H,16-17H2,1-3H3,(H,28,31)/t19-/m1/s1. The minimum atomic E-state index is -0.338. The van der Waals surface area contributed by atoms with Crippen LogP contribution in [0, 0.1) is 13.8 Å². The molecule has 3 aromatic carbocycles. The number of fused-ring (bicyclic) bond motifs is 1. The van der Waals surface area contributed by atoms with Gasteiger partial charge in [0.15, 0.2) is 0 Å². The highest BCUT2D eigenvalue weighted by Crippen LogP contribution is 2.23. The Morgan fingerprint density at radius 2 is 1.68 bits per heavy atom. The number of rotatable bonds is 7. The Kier molecular flexibility index (Phi) is 6.14. The summed E-state index contributed by atoms with van der Waals surface area (Å²) in [6.07, 6.45) is 0. The summed E-state index contributed by atoms with van der Waals surface area (Å²) in [7, 11) is 0. The minimum Gasteiger partial charge on any atom is -0.324 e. The first-order valence-corrected chi connectivity index (χ1v) is 10.6. The normalized spacial score (nSPS) is 12.1. The lowest BCUT2D eigenvalue weighted by Gasteiger charge is -2.15. The van der Waals surface area contributed by atoms with Crippen LogP contribution < -0.4 is 10.6 Å². The zero-order valence-electron chi connectivity index (χ0n) is 18.2. The second kappa shape index (κ2) is 9.14. The number of aryl methyl sites for hydroxylation is 1. The predicted octanol–water partition coefficient (Wildman–Crippen LogP) is 4.82. The molecule has 0 unspecified atom stereocenters. The van der Waals surface area contributed by atoms with Gasteiger partial charge in [0, 0.05) is 28.9 Å². The van der Waals surface area contributed by atoms with Crippen LogP contribution in [0.2, 0.25) is 0 Å². The SMILES string of the molecule is Cc1nn(Cc2ccccc2)c(C)c1CN[C@H](C)C(=O)Nc1cccc2ccccc12. The summed E-state index contributed by atoms with van der Waals surface area (Å²) in [5, 5.41) is 13.3. The molecule has 0 spiro atoms. The third-order valence-corrected chi connectivity index (χ3v) is 5.73. The van der Waals surface area contributed by atoms with E-state index < -0.39 is 0 Å². The van der Waals surface area contributed by atoms with Gasteiger partial charge in [-0.05, 0) is 37.8 Å². The van der Waals surface area contributed by atoms with Gasteiger partial charge in [0.1, 0.15) is 0 Å². The van der Waals surface area contributed by atoms with Gasteiger partial charge in [-0.2, -0.15) is 5.10 Å². The van der Waals surface area contributed by atoms with E-state index in [4.69, 9.17) is 5.10 Å². The fourth-order valence-electron chi connectivity index (χ4n) is 3.82. The quantitative estimate of drug-likeness (QED) is 0.458.